The molecule has 0 spiro atoms. The van der Waals surface area contributed by atoms with Crippen molar-refractivity contribution in [2.24, 2.45) is 0 Å². The molecule has 11 heteroatoms. The molecule has 2 N–H and O–H groups in total. The van der Waals surface area contributed by atoms with E-state index in [0.29, 0.717) is 35.0 Å². The molecule has 1 aliphatic rings. The minimum atomic E-state index is -4.39. The number of carbonyl (C=O) groups is 1. The van der Waals surface area contributed by atoms with E-state index < -0.39 is 11.7 Å². The normalized spacial score (nSPS) is 13.7. The number of anilines is 3. The van der Waals surface area contributed by atoms with Crippen molar-refractivity contribution >= 4 is 23.1 Å². The molecule has 2 aromatic heterocycles. The quantitative estimate of drug-likeness (QED) is 0.626. The summed E-state index contributed by atoms with van der Waals surface area (Å²) in [7, 11) is 1.84. The summed E-state index contributed by atoms with van der Waals surface area (Å²) in [5.41, 5.74) is 3.46. The van der Waals surface area contributed by atoms with Gasteiger partial charge in [0, 0.05) is 13.1 Å². The molecule has 0 radical (unpaired) electrons. The second kappa shape index (κ2) is 8.13. The number of halogens is 3. The van der Waals surface area contributed by atoms with E-state index in [-0.39, 0.29) is 19.0 Å². The Kier molecular flexibility index (Phi) is 5.49. The summed E-state index contributed by atoms with van der Waals surface area (Å²) in [6.07, 6.45) is -2.71. The van der Waals surface area contributed by atoms with Crippen molar-refractivity contribution in [3.05, 3.63) is 58.5 Å². The van der Waals surface area contributed by atoms with Gasteiger partial charge in [-0.2, -0.15) is 13.2 Å². The fourth-order valence-electron chi connectivity index (χ4n) is 3.55. The lowest BCUT2D eigenvalue weighted by molar-refractivity contribution is -0.137. The van der Waals surface area contributed by atoms with Gasteiger partial charge in [-0.25, -0.2) is 9.67 Å². The van der Waals surface area contributed by atoms with Crippen molar-refractivity contribution in [1.29, 1.82) is 0 Å². The lowest BCUT2D eigenvalue weighted by Crippen LogP contribution is -2.36. The van der Waals surface area contributed by atoms with Crippen LogP contribution < -0.4 is 15.5 Å². The zero-order valence-electron chi connectivity index (χ0n) is 17.8. The first-order valence-corrected chi connectivity index (χ1v) is 9.92. The Hall–Kier alpha value is -3.63. The Balaban J connectivity index is 1.45. The van der Waals surface area contributed by atoms with Crippen LogP contribution in [0.15, 0.2) is 30.5 Å². The molecular weight excluding hydrogens is 423 g/mol. The number of amides is 1. The maximum absolute atomic E-state index is 13.0. The Labute approximate surface area is 182 Å². The van der Waals surface area contributed by atoms with Gasteiger partial charge in [-0.05, 0) is 37.1 Å². The molecule has 1 aliphatic heterocycles. The van der Waals surface area contributed by atoms with E-state index in [1.54, 1.807) is 13.1 Å². The van der Waals surface area contributed by atoms with Crippen molar-refractivity contribution in [2.45, 2.75) is 33.1 Å². The molecule has 168 valence electrons. The zero-order valence-corrected chi connectivity index (χ0v) is 17.8. The number of pyridine rings is 1. The predicted octanol–water partition coefficient (Wildman–Crippen LogP) is 3.36. The summed E-state index contributed by atoms with van der Waals surface area (Å²) in [6, 6.07) is 5.52. The maximum Gasteiger partial charge on any atom is 0.416 e. The zero-order chi connectivity index (χ0) is 23.0. The van der Waals surface area contributed by atoms with Crippen LogP contribution in [0.3, 0.4) is 0 Å². The third kappa shape index (κ3) is 4.51. The van der Waals surface area contributed by atoms with Gasteiger partial charge >= 0.3 is 6.18 Å². The van der Waals surface area contributed by atoms with E-state index in [0.717, 1.165) is 23.4 Å². The molecular formula is C21H22F3N7O. The van der Waals surface area contributed by atoms with Crippen LogP contribution in [-0.4, -0.2) is 39.5 Å². The SMILES string of the molecule is Cc1ccc(C(F)(F)F)cc1Cn1cc(CNc2cc3c(c(C)n2)NC(=O)CN3C)nn1. The first-order valence-electron chi connectivity index (χ1n) is 9.92. The number of carbonyl (C=O) groups excluding carboxylic acids is 1. The third-order valence-electron chi connectivity index (χ3n) is 5.28. The number of hydrogen-bond acceptors (Lipinski definition) is 6. The summed E-state index contributed by atoms with van der Waals surface area (Å²) in [6.45, 7) is 4.36. The Morgan fingerprint density at radius 2 is 2.00 bits per heavy atom. The van der Waals surface area contributed by atoms with Gasteiger partial charge in [-0.1, -0.05) is 11.3 Å². The smallest absolute Gasteiger partial charge is 0.364 e. The van der Waals surface area contributed by atoms with Gasteiger partial charge in [0.15, 0.2) is 0 Å². The molecule has 1 aromatic carbocycles. The molecule has 0 aliphatic carbocycles. The molecule has 32 heavy (non-hydrogen) atoms. The van der Waals surface area contributed by atoms with E-state index in [1.165, 1.54) is 10.7 Å². The van der Waals surface area contributed by atoms with Crippen molar-refractivity contribution in [3.8, 4) is 0 Å². The minimum absolute atomic E-state index is 0.0850. The number of nitrogens with zero attached hydrogens (tertiary/aromatic N) is 5. The molecule has 0 saturated heterocycles. The average Bonchev–Trinajstić information content (AvgIpc) is 3.15. The minimum Gasteiger partial charge on any atom is -0.364 e. The van der Waals surface area contributed by atoms with Gasteiger partial charge in [-0.15, -0.1) is 5.10 Å². The fourth-order valence-corrected chi connectivity index (χ4v) is 3.55. The second-order valence-corrected chi connectivity index (χ2v) is 7.79. The van der Waals surface area contributed by atoms with Crippen molar-refractivity contribution in [2.75, 3.05) is 29.1 Å². The van der Waals surface area contributed by atoms with E-state index in [2.05, 4.69) is 25.9 Å². The summed E-state index contributed by atoms with van der Waals surface area (Å²) >= 11 is 0. The number of likely N-dealkylation sites (N-methyl/N-ethyl adjacent to an activating group) is 1. The number of nitrogens with one attached hydrogen (secondary N) is 2. The molecule has 0 atom stereocenters. The molecule has 3 aromatic rings. The van der Waals surface area contributed by atoms with Crippen LogP contribution in [-0.2, 0) is 24.1 Å². The highest BCUT2D eigenvalue weighted by Gasteiger charge is 2.30. The molecule has 0 saturated carbocycles. The predicted molar refractivity (Wildman–Crippen MR) is 114 cm³/mol. The highest BCUT2D eigenvalue weighted by Crippen LogP contribution is 2.33. The Morgan fingerprint density at radius 3 is 2.75 bits per heavy atom. The summed E-state index contributed by atoms with van der Waals surface area (Å²) in [4.78, 5) is 18.1. The molecule has 0 bridgehead atoms. The number of benzene rings is 1. The number of hydrogen-bond donors (Lipinski definition) is 2. The van der Waals surface area contributed by atoms with Crippen LogP contribution in [0.1, 0.15) is 28.1 Å². The highest BCUT2D eigenvalue weighted by molar-refractivity contribution is 6.02. The lowest BCUT2D eigenvalue weighted by Gasteiger charge is -2.28. The molecule has 1 amide bonds. The molecule has 3 heterocycles. The first-order chi connectivity index (χ1) is 15.1. The van der Waals surface area contributed by atoms with E-state index in [9.17, 15) is 18.0 Å². The first kappa shape index (κ1) is 21.6. The van der Waals surface area contributed by atoms with Crippen LogP contribution in [0.2, 0.25) is 0 Å². The van der Waals surface area contributed by atoms with Crippen LogP contribution in [0.25, 0.3) is 0 Å². The summed E-state index contributed by atoms with van der Waals surface area (Å²) < 4.78 is 40.5. The van der Waals surface area contributed by atoms with Gasteiger partial charge in [0.2, 0.25) is 5.91 Å². The van der Waals surface area contributed by atoms with Gasteiger partial charge < -0.3 is 15.5 Å². The van der Waals surface area contributed by atoms with Gasteiger partial charge in [-0.3, -0.25) is 4.79 Å². The molecule has 4 rings (SSSR count). The van der Waals surface area contributed by atoms with Crippen molar-refractivity contribution in [1.82, 2.24) is 20.0 Å². The van der Waals surface area contributed by atoms with E-state index in [4.69, 9.17) is 0 Å². The van der Waals surface area contributed by atoms with Gasteiger partial charge in [0.1, 0.15) is 11.5 Å². The van der Waals surface area contributed by atoms with Crippen molar-refractivity contribution < 1.29 is 18.0 Å². The van der Waals surface area contributed by atoms with Crippen LogP contribution in [0.5, 0.6) is 0 Å². The standard InChI is InChI=1S/C21H22F3N7O/c1-12-4-5-15(21(22,23)24)6-14(12)9-31-10-16(28-29-31)8-25-18-7-17-20(13(2)26-18)27-19(32)11-30(17)3/h4-7,10H,8-9,11H2,1-3H3,(H,25,26)(H,27,32). The number of alkyl halides is 3. The summed E-state index contributed by atoms with van der Waals surface area (Å²) in [5, 5.41) is 14.2. The average molecular weight is 445 g/mol. The van der Waals surface area contributed by atoms with Gasteiger partial charge in [0.05, 0.1) is 48.5 Å². The van der Waals surface area contributed by atoms with Crippen molar-refractivity contribution in [3.63, 3.8) is 0 Å². The van der Waals surface area contributed by atoms with Gasteiger partial charge in [0.25, 0.3) is 0 Å². The maximum atomic E-state index is 13.0. The largest absolute Gasteiger partial charge is 0.416 e. The molecule has 0 unspecified atom stereocenters. The summed E-state index contributed by atoms with van der Waals surface area (Å²) in [5.74, 6) is 0.533. The Morgan fingerprint density at radius 1 is 1.22 bits per heavy atom. The van der Waals surface area contributed by atoms with Crippen LogP contribution in [0.4, 0.5) is 30.4 Å². The number of aromatic nitrogens is 4. The van der Waals surface area contributed by atoms with Crippen LogP contribution in [0, 0.1) is 13.8 Å². The van der Waals surface area contributed by atoms with E-state index >= 15 is 0 Å². The van der Waals surface area contributed by atoms with E-state index in [1.807, 2.05) is 24.9 Å². The second-order valence-electron chi connectivity index (χ2n) is 7.79. The topological polar surface area (TPSA) is 88.0 Å². The number of rotatable bonds is 5. The monoisotopic (exact) mass is 445 g/mol. The van der Waals surface area contributed by atoms with Crippen LogP contribution >= 0.6 is 0 Å². The fraction of sp³-hybridized carbons (Fsp3) is 0.333. The number of aryl methyl sites for hydroxylation is 2. The molecule has 0 fully saturated rings. The highest BCUT2D eigenvalue weighted by atomic mass is 19.4. The molecule has 8 nitrogen and oxygen atoms in total. The lowest BCUT2D eigenvalue weighted by atomic mass is 10.0. The number of fused-ring (bicyclic) bond motifs is 1. The third-order valence-corrected chi connectivity index (χ3v) is 5.28. The Bertz CT molecular complexity index is 1170.